The van der Waals surface area contributed by atoms with Crippen LogP contribution >= 0.6 is 11.6 Å². The topological polar surface area (TPSA) is 114 Å². The van der Waals surface area contributed by atoms with Crippen LogP contribution in [0.2, 0.25) is 5.02 Å². The molecule has 0 radical (unpaired) electrons. The first-order valence-electron chi connectivity index (χ1n) is 10.5. The zero-order valence-corrected chi connectivity index (χ0v) is 18.7. The SMILES string of the molecule is CC(C)(O)COc1cccc(OC2C[C@@H]3CN(C(=O)n4ccc(C(=O)O)n4)C[C@@H]3C2)c1Cl. The molecule has 3 atom stereocenters. The predicted octanol–water partition coefficient (Wildman–Crippen LogP) is 3.14. The van der Waals surface area contributed by atoms with E-state index in [0.29, 0.717) is 41.4 Å². The number of amides is 1. The Bertz CT molecular complexity index is 1000. The fraction of sp³-hybridized carbons (Fsp3) is 0.500. The van der Waals surface area contributed by atoms with Gasteiger partial charge in [-0.2, -0.15) is 9.78 Å². The highest BCUT2D eigenvalue weighted by atomic mass is 35.5. The summed E-state index contributed by atoms with van der Waals surface area (Å²) in [6.45, 7) is 4.58. The molecule has 2 heterocycles. The first kappa shape index (κ1) is 22.4. The van der Waals surface area contributed by atoms with Crippen LogP contribution in [0, 0.1) is 11.8 Å². The second-order valence-corrected chi connectivity index (χ2v) is 9.42. The Morgan fingerprint density at radius 1 is 1.19 bits per heavy atom. The Hall–Kier alpha value is -2.78. The fourth-order valence-corrected chi connectivity index (χ4v) is 4.54. The number of hydrogen-bond donors (Lipinski definition) is 2. The van der Waals surface area contributed by atoms with Crippen LogP contribution in [0.3, 0.4) is 0 Å². The number of aromatic nitrogens is 2. The number of fused-ring (bicyclic) bond motifs is 1. The largest absolute Gasteiger partial charge is 0.489 e. The van der Waals surface area contributed by atoms with E-state index in [1.54, 1.807) is 36.9 Å². The molecule has 2 N–H and O–H groups in total. The number of carboxylic acid groups (broad SMARTS) is 1. The molecule has 9 nitrogen and oxygen atoms in total. The molecule has 0 spiro atoms. The van der Waals surface area contributed by atoms with E-state index in [9.17, 15) is 14.7 Å². The predicted molar refractivity (Wildman–Crippen MR) is 115 cm³/mol. The molecule has 4 rings (SSSR count). The molecule has 10 heteroatoms. The van der Waals surface area contributed by atoms with Gasteiger partial charge in [0.1, 0.15) is 23.1 Å². The lowest BCUT2D eigenvalue weighted by molar-refractivity contribution is 0.0284. The summed E-state index contributed by atoms with van der Waals surface area (Å²) < 4.78 is 12.9. The summed E-state index contributed by atoms with van der Waals surface area (Å²) in [7, 11) is 0. The lowest BCUT2D eigenvalue weighted by atomic mass is 10.0. The standard InChI is InChI=1S/C22H26ClN3O6/c1-22(2,30)12-31-17-4-3-5-18(19(17)23)32-15-8-13-10-25(11-14(13)9-15)21(29)26-7-6-16(24-26)20(27)28/h3-7,13-15,30H,8-12H2,1-2H3,(H,27,28)/t13-,14+,15?. The Morgan fingerprint density at radius 3 is 2.44 bits per heavy atom. The van der Waals surface area contributed by atoms with Gasteiger partial charge in [0.05, 0.1) is 11.7 Å². The number of halogens is 1. The van der Waals surface area contributed by atoms with E-state index < -0.39 is 11.6 Å². The summed E-state index contributed by atoms with van der Waals surface area (Å²) in [5, 5.41) is 23.0. The Kier molecular flexibility index (Phi) is 6.05. The van der Waals surface area contributed by atoms with Gasteiger partial charge in [0.25, 0.3) is 0 Å². The molecule has 2 aliphatic rings. The van der Waals surface area contributed by atoms with Crippen molar-refractivity contribution < 1.29 is 29.3 Å². The number of carbonyl (C=O) groups excluding carboxylic acids is 1. The molecule has 172 valence electrons. The number of rotatable bonds is 6. The third kappa shape index (κ3) is 4.83. The maximum Gasteiger partial charge on any atom is 0.356 e. The van der Waals surface area contributed by atoms with Gasteiger partial charge in [-0.3, -0.25) is 0 Å². The van der Waals surface area contributed by atoms with Crippen LogP contribution in [0.15, 0.2) is 30.5 Å². The van der Waals surface area contributed by atoms with E-state index in [4.69, 9.17) is 26.2 Å². The van der Waals surface area contributed by atoms with Gasteiger partial charge >= 0.3 is 12.0 Å². The van der Waals surface area contributed by atoms with Crippen LogP contribution in [-0.2, 0) is 0 Å². The van der Waals surface area contributed by atoms with E-state index in [1.165, 1.54) is 12.3 Å². The van der Waals surface area contributed by atoms with E-state index >= 15 is 0 Å². The number of aliphatic hydroxyl groups is 1. The van der Waals surface area contributed by atoms with Crippen LogP contribution in [0.25, 0.3) is 0 Å². The van der Waals surface area contributed by atoms with Crippen molar-refractivity contribution in [1.29, 1.82) is 0 Å². The van der Waals surface area contributed by atoms with Crippen molar-refractivity contribution in [2.45, 2.75) is 38.4 Å². The second-order valence-electron chi connectivity index (χ2n) is 9.04. The minimum atomic E-state index is -1.16. The van der Waals surface area contributed by atoms with Crippen molar-refractivity contribution >= 4 is 23.6 Å². The molecule has 1 aromatic carbocycles. The van der Waals surface area contributed by atoms with Gasteiger partial charge in [-0.25, -0.2) is 9.59 Å². The quantitative estimate of drug-likeness (QED) is 0.676. The summed E-state index contributed by atoms with van der Waals surface area (Å²) >= 11 is 6.46. The van der Waals surface area contributed by atoms with Crippen molar-refractivity contribution in [3.63, 3.8) is 0 Å². The molecule has 1 aromatic heterocycles. The average Bonchev–Trinajstić information content (AvgIpc) is 3.42. The van der Waals surface area contributed by atoms with Gasteiger partial charge in [0.15, 0.2) is 5.69 Å². The highest BCUT2D eigenvalue weighted by Crippen LogP contribution is 2.42. The van der Waals surface area contributed by atoms with Gasteiger partial charge < -0.3 is 24.6 Å². The number of benzene rings is 1. The van der Waals surface area contributed by atoms with Gasteiger partial charge in [-0.05, 0) is 56.7 Å². The van der Waals surface area contributed by atoms with Gasteiger partial charge in [-0.1, -0.05) is 17.7 Å². The number of nitrogens with zero attached hydrogens (tertiary/aromatic N) is 3. The molecule has 1 aliphatic carbocycles. The summed E-state index contributed by atoms with van der Waals surface area (Å²) in [5.74, 6) is 0.429. The molecular formula is C22H26ClN3O6. The zero-order valence-electron chi connectivity index (χ0n) is 17.9. The second kappa shape index (κ2) is 8.63. The lowest BCUT2D eigenvalue weighted by Crippen LogP contribution is -2.34. The van der Waals surface area contributed by atoms with Crippen molar-refractivity contribution in [1.82, 2.24) is 14.7 Å². The zero-order chi connectivity index (χ0) is 23.0. The van der Waals surface area contributed by atoms with Crippen LogP contribution in [0.4, 0.5) is 4.79 Å². The molecule has 2 aromatic rings. The van der Waals surface area contributed by atoms with E-state index in [-0.39, 0.29) is 24.4 Å². The maximum absolute atomic E-state index is 12.7. The Morgan fingerprint density at radius 2 is 1.84 bits per heavy atom. The number of hydrogen-bond acceptors (Lipinski definition) is 6. The molecule has 2 fully saturated rings. The fourth-order valence-electron chi connectivity index (χ4n) is 4.31. The van der Waals surface area contributed by atoms with E-state index in [0.717, 1.165) is 17.5 Å². The van der Waals surface area contributed by atoms with Crippen LogP contribution in [0.5, 0.6) is 11.5 Å². The molecule has 1 unspecified atom stereocenters. The molecule has 1 saturated carbocycles. The first-order chi connectivity index (χ1) is 15.1. The minimum absolute atomic E-state index is 0.0207. The normalized spacial score (nSPS) is 22.6. The Balaban J connectivity index is 1.34. The van der Waals surface area contributed by atoms with Crippen molar-refractivity contribution in [2.75, 3.05) is 19.7 Å². The minimum Gasteiger partial charge on any atom is -0.489 e. The first-order valence-corrected chi connectivity index (χ1v) is 10.9. The number of ether oxygens (including phenoxy) is 2. The Labute approximate surface area is 190 Å². The molecule has 32 heavy (non-hydrogen) atoms. The van der Waals surface area contributed by atoms with E-state index in [2.05, 4.69) is 5.10 Å². The molecular weight excluding hydrogens is 438 g/mol. The number of likely N-dealkylation sites (tertiary alicyclic amines) is 1. The summed E-state index contributed by atoms with van der Waals surface area (Å²) in [5.41, 5.74) is -1.13. The maximum atomic E-state index is 12.7. The molecule has 1 saturated heterocycles. The average molecular weight is 464 g/mol. The monoisotopic (exact) mass is 463 g/mol. The summed E-state index contributed by atoms with van der Waals surface area (Å²) in [4.78, 5) is 25.4. The summed E-state index contributed by atoms with van der Waals surface area (Å²) in [6, 6.07) is 6.32. The number of carboxylic acids is 1. The molecule has 1 aliphatic heterocycles. The van der Waals surface area contributed by atoms with Gasteiger partial charge in [-0.15, -0.1) is 0 Å². The molecule has 1 amide bonds. The van der Waals surface area contributed by atoms with Gasteiger partial charge in [0.2, 0.25) is 0 Å². The molecule has 0 bridgehead atoms. The van der Waals surface area contributed by atoms with Crippen LogP contribution in [0.1, 0.15) is 37.2 Å². The summed E-state index contributed by atoms with van der Waals surface area (Å²) in [6.07, 6.45) is 2.94. The number of carbonyl (C=O) groups is 2. The third-order valence-electron chi connectivity index (χ3n) is 5.78. The number of aromatic carboxylic acids is 1. The van der Waals surface area contributed by atoms with Gasteiger partial charge in [0, 0.05) is 19.3 Å². The van der Waals surface area contributed by atoms with Crippen LogP contribution in [-0.4, -0.2) is 68.3 Å². The highest BCUT2D eigenvalue weighted by molar-refractivity contribution is 6.33. The van der Waals surface area contributed by atoms with Crippen LogP contribution < -0.4 is 9.47 Å². The lowest BCUT2D eigenvalue weighted by Gasteiger charge is -2.21. The van der Waals surface area contributed by atoms with Crippen molar-refractivity contribution in [2.24, 2.45) is 11.8 Å². The van der Waals surface area contributed by atoms with Crippen molar-refractivity contribution in [3.05, 3.63) is 41.2 Å². The third-order valence-corrected chi connectivity index (χ3v) is 6.16. The van der Waals surface area contributed by atoms with Crippen molar-refractivity contribution in [3.8, 4) is 11.5 Å². The smallest absolute Gasteiger partial charge is 0.356 e. The highest BCUT2D eigenvalue weighted by Gasteiger charge is 2.44. The van der Waals surface area contributed by atoms with E-state index in [1.807, 2.05) is 0 Å².